The van der Waals surface area contributed by atoms with E-state index in [0.717, 1.165) is 25.9 Å². The number of esters is 1. The molecule has 0 unspecified atom stereocenters. The Morgan fingerprint density at radius 3 is 2.59 bits per heavy atom. The van der Waals surface area contributed by atoms with Gasteiger partial charge in [-0.1, -0.05) is 0 Å². The van der Waals surface area contributed by atoms with Crippen LogP contribution in [0.2, 0.25) is 0 Å². The van der Waals surface area contributed by atoms with Crippen LogP contribution in [0.3, 0.4) is 0 Å². The Morgan fingerprint density at radius 1 is 1.53 bits per heavy atom. The smallest absolute Gasteiger partial charge is 0.327 e. The molecule has 2 saturated heterocycles. The predicted octanol–water partition coefficient (Wildman–Crippen LogP) is 0.681. The summed E-state index contributed by atoms with van der Waals surface area (Å²) in [6.45, 7) is 3.67. The second-order valence-electron chi connectivity index (χ2n) is 4.71. The quantitative estimate of drug-likeness (QED) is 0.402. The highest BCUT2D eigenvalue weighted by Crippen LogP contribution is 2.46. The summed E-state index contributed by atoms with van der Waals surface area (Å²) in [5.74, 6) is -0.0247. The highest BCUT2D eigenvalue weighted by Gasteiger charge is 2.59. The van der Waals surface area contributed by atoms with Crippen LogP contribution >= 0.6 is 0 Å². The van der Waals surface area contributed by atoms with Gasteiger partial charge in [-0.15, -0.1) is 0 Å². The molecule has 2 rings (SSSR count). The summed E-state index contributed by atoms with van der Waals surface area (Å²) in [4.78, 5) is 24.4. The van der Waals surface area contributed by atoms with Gasteiger partial charge in [-0.05, 0) is 38.8 Å². The number of piperidine rings is 1. The van der Waals surface area contributed by atoms with Crippen LogP contribution in [0, 0.1) is 16.0 Å². The average molecular weight is 242 g/mol. The van der Waals surface area contributed by atoms with Gasteiger partial charge in [-0.2, -0.15) is 0 Å². The van der Waals surface area contributed by atoms with Crippen molar-refractivity contribution in [3.8, 4) is 0 Å². The van der Waals surface area contributed by atoms with E-state index in [-0.39, 0.29) is 29.8 Å². The summed E-state index contributed by atoms with van der Waals surface area (Å²) in [6, 6.07) is 0. The molecule has 6 heteroatoms. The average Bonchev–Trinajstić information content (AvgIpc) is 2.82. The zero-order chi connectivity index (χ0) is 12.5. The van der Waals surface area contributed by atoms with Crippen molar-refractivity contribution in [2.24, 2.45) is 5.92 Å². The summed E-state index contributed by atoms with van der Waals surface area (Å²) in [7, 11) is 0. The van der Waals surface area contributed by atoms with Crippen LogP contribution in [0.25, 0.3) is 0 Å². The molecule has 0 aromatic heterocycles. The molecule has 0 amide bonds. The molecule has 0 saturated carbocycles. The van der Waals surface area contributed by atoms with Crippen molar-refractivity contribution in [3.63, 3.8) is 0 Å². The lowest BCUT2D eigenvalue weighted by Crippen LogP contribution is -2.51. The Hall–Kier alpha value is -1.17. The number of hydrogen-bond donors (Lipinski definition) is 0. The third-order valence-corrected chi connectivity index (χ3v) is 4.04. The number of carbonyl (C=O) groups is 1. The van der Waals surface area contributed by atoms with Gasteiger partial charge >= 0.3 is 5.97 Å². The van der Waals surface area contributed by atoms with Crippen molar-refractivity contribution >= 4 is 5.97 Å². The normalized spacial score (nSPS) is 34.9. The SMILES string of the molecule is CCOC(=O)[C@]1(CC[N+](=O)[O-])C2CCN1CC2. The fourth-order valence-electron chi connectivity index (χ4n) is 3.29. The van der Waals surface area contributed by atoms with Crippen LogP contribution in [-0.4, -0.2) is 47.6 Å². The van der Waals surface area contributed by atoms with Gasteiger partial charge in [0, 0.05) is 11.3 Å². The molecule has 0 aliphatic carbocycles. The molecule has 2 heterocycles. The molecule has 2 fully saturated rings. The van der Waals surface area contributed by atoms with Gasteiger partial charge in [0.15, 0.2) is 0 Å². The maximum atomic E-state index is 12.2. The molecular formula is C11H18N2O4. The van der Waals surface area contributed by atoms with E-state index in [1.807, 2.05) is 0 Å². The van der Waals surface area contributed by atoms with E-state index >= 15 is 0 Å². The molecular weight excluding hydrogens is 224 g/mol. The highest BCUT2D eigenvalue weighted by atomic mass is 16.6. The van der Waals surface area contributed by atoms with Crippen molar-refractivity contribution in [2.45, 2.75) is 31.7 Å². The van der Waals surface area contributed by atoms with Gasteiger partial charge in [-0.3, -0.25) is 19.8 Å². The lowest BCUT2D eigenvalue weighted by Gasteiger charge is -2.32. The van der Waals surface area contributed by atoms with E-state index in [4.69, 9.17) is 4.74 Å². The standard InChI is InChI=1S/C11H18N2O4/c1-2-17-10(14)11(5-8-13(15)16)9-3-6-12(11)7-4-9/h9H,2-8H2,1H3/t11-/m0/s1. The molecule has 1 atom stereocenters. The molecule has 17 heavy (non-hydrogen) atoms. The molecule has 96 valence electrons. The molecule has 6 nitrogen and oxygen atoms in total. The highest BCUT2D eigenvalue weighted by molar-refractivity contribution is 5.82. The molecule has 0 aromatic rings. The maximum Gasteiger partial charge on any atom is 0.327 e. The van der Waals surface area contributed by atoms with Crippen molar-refractivity contribution in [3.05, 3.63) is 10.1 Å². The Balaban J connectivity index is 2.17. The van der Waals surface area contributed by atoms with Gasteiger partial charge in [0.1, 0.15) is 5.54 Å². The third-order valence-electron chi connectivity index (χ3n) is 4.04. The van der Waals surface area contributed by atoms with Crippen LogP contribution in [-0.2, 0) is 9.53 Å². The van der Waals surface area contributed by atoms with Crippen molar-refractivity contribution < 1.29 is 14.5 Å². The summed E-state index contributed by atoms with van der Waals surface area (Å²) < 4.78 is 5.14. The molecule has 2 aliphatic heterocycles. The first-order chi connectivity index (χ1) is 8.11. The first-order valence-electron chi connectivity index (χ1n) is 6.15. The maximum absolute atomic E-state index is 12.2. The second-order valence-corrected chi connectivity index (χ2v) is 4.71. The minimum Gasteiger partial charge on any atom is -0.465 e. The summed E-state index contributed by atoms with van der Waals surface area (Å²) in [5.41, 5.74) is -0.705. The van der Waals surface area contributed by atoms with Crippen LogP contribution in [0.1, 0.15) is 26.2 Å². The second kappa shape index (κ2) is 4.60. The fourth-order valence-corrected chi connectivity index (χ4v) is 3.29. The van der Waals surface area contributed by atoms with Crippen molar-refractivity contribution in [2.75, 3.05) is 26.2 Å². The number of rotatable bonds is 5. The topological polar surface area (TPSA) is 72.7 Å². The van der Waals surface area contributed by atoms with Gasteiger partial charge in [0.05, 0.1) is 6.61 Å². The molecule has 2 bridgehead atoms. The van der Waals surface area contributed by atoms with Crippen molar-refractivity contribution in [1.82, 2.24) is 4.90 Å². The summed E-state index contributed by atoms with van der Waals surface area (Å²) in [6.07, 6.45) is 2.19. The number of fused-ring (bicyclic) bond motifs is 2. The zero-order valence-corrected chi connectivity index (χ0v) is 10.1. The lowest BCUT2D eigenvalue weighted by atomic mass is 9.83. The molecule has 0 radical (unpaired) electrons. The number of carbonyl (C=O) groups excluding carboxylic acids is 1. The minimum absolute atomic E-state index is 0.161. The minimum atomic E-state index is -0.705. The monoisotopic (exact) mass is 242 g/mol. The van der Waals surface area contributed by atoms with Gasteiger partial charge < -0.3 is 4.74 Å². The summed E-state index contributed by atoms with van der Waals surface area (Å²) in [5, 5.41) is 10.5. The number of nitrogens with zero attached hydrogens (tertiary/aromatic N) is 2. The van der Waals surface area contributed by atoms with E-state index < -0.39 is 5.54 Å². The molecule has 0 aromatic carbocycles. The molecule has 0 spiro atoms. The van der Waals surface area contributed by atoms with E-state index in [1.165, 1.54) is 0 Å². The molecule has 2 aliphatic rings. The first kappa shape index (κ1) is 12.3. The lowest BCUT2D eigenvalue weighted by molar-refractivity contribution is -0.482. The van der Waals surface area contributed by atoms with Crippen LogP contribution in [0.4, 0.5) is 0 Å². The first-order valence-corrected chi connectivity index (χ1v) is 6.15. The summed E-state index contributed by atoms with van der Waals surface area (Å²) >= 11 is 0. The van der Waals surface area contributed by atoms with Gasteiger partial charge in [-0.25, -0.2) is 0 Å². The van der Waals surface area contributed by atoms with Crippen LogP contribution < -0.4 is 0 Å². The number of ether oxygens (including phenoxy) is 1. The Kier molecular flexibility index (Phi) is 3.33. The number of hydrogen-bond acceptors (Lipinski definition) is 5. The Bertz CT molecular complexity index is 311. The van der Waals surface area contributed by atoms with Gasteiger partial charge in [0.2, 0.25) is 6.54 Å². The van der Waals surface area contributed by atoms with Gasteiger partial charge in [0.25, 0.3) is 0 Å². The van der Waals surface area contributed by atoms with Crippen LogP contribution in [0.15, 0.2) is 0 Å². The largest absolute Gasteiger partial charge is 0.465 e. The van der Waals surface area contributed by atoms with E-state index in [9.17, 15) is 14.9 Å². The predicted molar refractivity (Wildman–Crippen MR) is 60.1 cm³/mol. The number of nitro groups is 1. The van der Waals surface area contributed by atoms with Crippen LogP contribution in [0.5, 0.6) is 0 Å². The van der Waals surface area contributed by atoms with E-state index in [1.54, 1.807) is 6.92 Å². The fraction of sp³-hybridized carbons (Fsp3) is 0.909. The zero-order valence-electron chi connectivity index (χ0n) is 10.1. The Labute approximate surface area is 100 Å². The van der Waals surface area contributed by atoms with E-state index in [0.29, 0.717) is 6.61 Å². The molecule has 0 N–H and O–H groups in total. The Morgan fingerprint density at radius 2 is 2.18 bits per heavy atom. The van der Waals surface area contributed by atoms with Crippen molar-refractivity contribution in [1.29, 1.82) is 0 Å². The van der Waals surface area contributed by atoms with E-state index in [2.05, 4.69) is 4.90 Å². The third kappa shape index (κ3) is 1.90.